The molecule has 1 aromatic heterocycles. The fraction of sp³-hybridized carbons (Fsp3) is 0.643. The molecule has 32 heavy (non-hydrogen) atoms. The first-order valence-corrected chi connectivity index (χ1v) is 13.4. The molecule has 0 bridgehead atoms. The van der Waals surface area contributed by atoms with E-state index in [0.29, 0.717) is 23.5 Å². The summed E-state index contributed by atoms with van der Waals surface area (Å²) in [6.45, 7) is 6.86. The quantitative estimate of drug-likeness (QED) is 0.625. The van der Waals surface area contributed by atoms with Crippen molar-refractivity contribution in [3.05, 3.63) is 51.0 Å². The van der Waals surface area contributed by atoms with Crippen LogP contribution in [0.5, 0.6) is 0 Å². The van der Waals surface area contributed by atoms with E-state index in [-0.39, 0.29) is 22.9 Å². The molecule has 3 saturated carbocycles. The maximum Gasteiger partial charge on any atom is 0.139 e. The van der Waals surface area contributed by atoms with Crippen molar-refractivity contribution in [1.82, 2.24) is 4.98 Å². The van der Waals surface area contributed by atoms with Gasteiger partial charge in [0.15, 0.2) is 0 Å². The fourth-order valence-corrected chi connectivity index (χ4v) is 9.83. The second kappa shape index (κ2) is 7.24. The number of benzene rings is 1. The number of aliphatic hydroxyl groups is 1. The maximum atomic E-state index is 12.7. The van der Waals surface area contributed by atoms with E-state index >= 15 is 0 Å². The molecule has 4 aliphatic rings. The second-order valence-corrected chi connectivity index (χ2v) is 12.7. The molecule has 170 valence electrons. The lowest BCUT2D eigenvalue weighted by Gasteiger charge is -2.60. The number of thiazole rings is 1. The number of nitrogens with zero attached hydrogens (tertiary/aromatic N) is 1. The molecular weight excluding hydrogens is 414 g/mol. The third-order valence-electron chi connectivity index (χ3n) is 10.2. The van der Waals surface area contributed by atoms with Gasteiger partial charge in [-0.05, 0) is 79.7 Å². The van der Waals surface area contributed by atoms with E-state index in [9.17, 15) is 9.90 Å². The lowest BCUT2D eigenvalue weighted by Crippen LogP contribution is -2.56. The molecule has 1 heterocycles. The van der Waals surface area contributed by atoms with Crippen LogP contribution in [-0.4, -0.2) is 22.0 Å². The van der Waals surface area contributed by atoms with Crippen LogP contribution in [-0.2, 0) is 17.6 Å². The van der Waals surface area contributed by atoms with Gasteiger partial charge in [-0.1, -0.05) is 38.1 Å². The van der Waals surface area contributed by atoms with Crippen molar-refractivity contribution in [2.45, 2.75) is 84.2 Å². The lowest BCUT2D eigenvalue weighted by molar-refractivity contribution is -0.142. The van der Waals surface area contributed by atoms with E-state index in [2.05, 4.69) is 45.0 Å². The number of Topliss-reactive ketones (excluding diaryl/α,β-unsaturated/α-hetero) is 1. The molecule has 0 saturated heterocycles. The summed E-state index contributed by atoms with van der Waals surface area (Å²) >= 11 is 1.86. The summed E-state index contributed by atoms with van der Waals surface area (Å²) in [6.07, 6.45) is 7.57. The highest BCUT2D eigenvalue weighted by Gasteiger charge is 2.62. The topological polar surface area (TPSA) is 50.2 Å². The van der Waals surface area contributed by atoms with Crippen molar-refractivity contribution in [3.8, 4) is 0 Å². The van der Waals surface area contributed by atoms with Crippen LogP contribution in [0.25, 0.3) is 0 Å². The Morgan fingerprint density at radius 1 is 1.12 bits per heavy atom. The third kappa shape index (κ3) is 2.88. The van der Waals surface area contributed by atoms with Gasteiger partial charge in [0.25, 0.3) is 0 Å². The summed E-state index contributed by atoms with van der Waals surface area (Å²) in [5.74, 6) is 2.28. The van der Waals surface area contributed by atoms with Crippen LogP contribution in [0.3, 0.4) is 0 Å². The molecule has 0 radical (unpaired) electrons. The number of aryl methyl sites for hydroxylation is 2. The van der Waals surface area contributed by atoms with Gasteiger partial charge in [0.2, 0.25) is 0 Å². The van der Waals surface area contributed by atoms with Gasteiger partial charge in [-0.25, -0.2) is 4.98 Å². The minimum atomic E-state index is -0.315. The van der Waals surface area contributed by atoms with E-state index in [0.717, 1.165) is 51.4 Å². The van der Waals surface area contributed by atoms with Crippen molar-refractivity contribution in [2.24, 2.45) is 28.6 Å². The Morgan fingerprint density at radius 3 is 2.75 bits per heavy atom. The van der Waals surface area contributed by atoms with Crippen LogP contribution in [0, 0.1) is 35.5 Å². The van der Waals surface area contributed by atoms with Crippen LogP contribution in [0.2, 0.25) is 0 Å². The summed E-state index contributed by atoms with van der Waals surface area (Å²) < 4.78 is 0. The van der Waals surface area contributed by atoms with E-state index in [1.54, 1.807) is 0 Å². The number of fused-ring (bicyclic) bond motifs is 7. The Bertz CT molecular complexity index is 1080. The van der Waals surface area contributed by atoms with Crippen molar-refractivity contribution < 1.29 is 9.90 Å². The van der Waals surface area contributed by atoms with Crippen LogP contribution >= 0.6 is 11.3 Å². The van der Waals surface area contributed by atoms with Gasteiger partial charge in [-0.3, -0.25) is 4.79 Å². The number of aromatic nitrogens is 1. The van der Waals surface area contributed by atoms with Gasteiger partial charge >= 0.3 is 0 Å². The average Bonchev–Trinajstić information content (AvgIpc) is 3.29. The summed E-state index contributed by atoms with van der Waals surface area (Å²) in [5, 5.41) is 12.8. The Kier molecular flexibility index (Phi) is 4.76. The SMILES string of the molecule is Cc1ccccc1Cc1nc2c(s1)[C@@H]1[C@@H](O)C[C@@H]3[C@H](CC[C@]4(C)C(=O)CC[C@@H]34)[C@@]1(C)CC2. The summed E-state index contributed by atoms with van der Waals surface area (Å²) in [7, 11) is 0. The number of carbonyl (C=O) groups is 1. The number of aliphatic hydroxyl groups excluding tert-OH is 1. The van der Waals surface area contributed by atoms with Gasteiger partial charge in [-0.15, -0.1) is 11.3 Å². The van der Waals surface area contributed by atoms with Gasteiger partial charge in [-0.2, -0.15) is 0 Å². The minimum Gasteiger partial charge on any atom is -0.392 e. The Morgan fingerprint density at radius 2 is 1.94 bits per heavy atom. The number of ketones is 1. The van der Waals surface area contributed by atoms with E-state index in [4.69, 9.17) is 4.98 Å². The molecule has 4 heteroatoms. The molecule has 1 aromatic carbocycles. The first kappa shape index (κ1) is 21.0. The maximum absolute atomic E-state index is 12.7. The summed E-state index contributed by atoms with van der Waals surface area (Å²) in [6, 6.07) is 8.60. The molecule has 0 spiro atoms. The molecule has 0 amide bonds. The molecule has 0 unspecified atom stereocenters. The second-order valence-electron chi connectivity index (χ2n) is 11.6. The highest BCUT2D eigenvalue weighted by Crippen LogP contribution is 2.67. The zero-order chi connectivity index (χ0) is 22.3. The van der Waals surface area contributed by atoms with Crippen molar-refractivity contribution in [1.29, 1.82) is 0 Å². The average molecular weight is 450 g/mol. The molecule has 7 atom stereocenters. The predicted octanol–water partition coefficient (Wildman–Crippen LogP) is 5.85. The summed E-state index contributed by atoms with van der Waals surface area (Å²) in [4.78, 5) is 19.2. The Balaban J connectivity index is 1.33. The number of hydrogen-bond acceptors (Lipinski definition) is 4. The van der Waals surface area contributed by atoms with Crippen molar-refractivity contribution in [3.63, 3.8) is 0 Å². The molecule has 4 aliphatic carbocycles. The minimum absolute atomic E-state index is 0.120. The van der Waals surface area contributed by atoms with Gasteiger partial charge in [0.05, 0.1) is 16.8 Å². The molecular formula is C28H35NO2S. The fourth-order valence-electron chi connectivity index (χ4n) is 8.38. The van der Waals surface area contributed by atoms with Crippen molar-refractivity contribution >= 4 is 17.1 Å². The normalized spacial score (nSPS) is 40.4. The number of hydrogen-bond donors (Lipinski definition) is 1. The first-order valence-electron chi connectivity index (χ1n) is 12.6. The molecule has 1 N–H and O–H groups in total. The Labute approximate surface area is 195 Å². The number of carbonyl (C=O) groups excluding carboxylic acids is 1. The smallest absolute Gasteiger partial charge is 0.139 e. The highest BCUT2D eigenvalue weighted by atomic mass is 32.1. The van der Waals surface area contributed by atoms with Gasteiger partial charge in [0, 0.05) is 29.1 Å². The highest BCUT2D eigenvalue weighted by molar-refractivity contribution is 7.11. The zero-order valence-electron chi connectivity index (χ0n) is 19.6. The van der Waals surface area contributed by atoms with E-state index in [1.807, 2.05) is 11.3 Å². The summed E-state index contributed by atoms with van der Waals surface area (Å²) in [5.41, 5.74) is 3.91. The van der Waals surface area contributed by atoms with E-state index < -0.39 is 0 Å². The predicted molar refractivity (Wildman–Crippen MR) is 128 cm³/mol. The largest absolute Gasteiger partial charge is 0.392 e. The van der Waals surface area contributed by atoms with E-state index in [1.165, 1.54) is 26.7 Å². The van der Waals surface area contributed by atoms with Crippen LogP contribution < -0.4 is 0 Å². The molecule has 0 aliphatic heterocycles. The zero-order valence-corrected chi connectivity index (χ0v) is 20.4. The van der Waals surface area contributed by atoms with Crippen LogP contribution in [0.4, 0.5) is 0 Å². The molecule has 3 nitrogen and oxygen atoms in total. The molecule has 2 aromatic rings. The standard InChI is InChI=1S/C28H35NO2S/c1-16-6-4-5-7-17(16)14-24-29-21-11-13-28(3)20-10-12-27(2)19(8-9-23(27)31)18(20)15-22(30)25(28)26(21)32-24/h4-7,18-20,22,25,30H,8-15H2,1-3H3/t18-,19-,20-,22-,25-,27-,28+/m0/s1. The molecule has 6 rings (SSSR count). The van der Waals surface area contributed by atoms with Gasteiger partial charge in [0.1, 0.15) is 5.78 Å². The first-order chi connectivity index (χ1) is 15.3. The lowest BCUT2D eigenvalue weighted by atomic mass is 9.45. The molecule has 3 fully saturated rings. The van der Waals surface area contributed by atoms with Crippen molar-refractivity contribution in [2.75, 3.05) is 0 Å². The van der Waals surface area contributed by atoms with Crippen LogP contribution in [0.1, 0.15) is 85.0 Å². The van der Waals surface area contributed by atoms with Gasteiger partial charge < -0.3 is 5.11 Å². The Hall–Kier alpha value is -1.52. The van der Waals surface area contributed by atoms with Crippen LogP contribution in [0.15, 0.2) is 24.3 Å². The third-order valence-corrected chi connectivity index (χ3v) is 11.3. The monoisotopic (exact) mass is 449 g/mol. The number of rotatable bonds is 2.